The fraction of sp³-hybridized carbons (Fsp3) is 0.632. The Labute approximate surface area is 183 Å². The lowest BCUT2D eigenvalue weighted by Gasteiger charge is -2.40. The van der Waals surface area contributed by atoms with Crippen LogP contribution in [-0.4, -0.2) is 98.3 Å². The van der Waals surface area contributed by atoms with E-state index in [1.54, 1.807) is 12.1 Å². The average Bonchev–Trinajstić information content (AvgIpc) is 2.74. The monoisotopic (exact) mass is 462 g/mol. The van der Waals surface area contributed by atoms with Crippen molar-refractivity contribution in [1.29, 1.82) is 0 Å². The molecule has 3 rings (SSSR count). The van der Waals surface area contributed by atoms with Crippen LogP contribution in [0.15, 0.2) is 23.1 Å². The van der Waals surface area contributed by atoms with Crippen LogP contribution in [0.1, 0.15) is 13.8 Å². The van der Waals surface area contributed by atoms with E-state index < -0.39 is 10.0 Å². The lowest BCUT2D eigenvalue weighted by atomic mass is 10.2. The van der Waals surface area contributed by atoms with Crippen molar-refractivity contribution >= 4 is 39.1 Å². The highest BCUT2D eigenvalue weighted by molar-refractivity contribution is 7.89. The summed E-state index contributed by atoms with van der Waals surface area (Å²) in [5, 5.41) is 0.264. The van der Waals surface area contributed by atoms with Gasteiger partial charge in [-0.05, 0) is 25.6 Å². The number of sulfonamides is 1. The van der Waals surface area contributed by atoms with Gasteiger partial charge in [-0.1, -0.05) is 36.2 Å². The molecule has 2 heterocycles. The van der Waals surface area contributed by atoms with Gasteiger partial charge in [0.05, 0.1) is 16.1 Å². The topological polar surface area (TPSA) is 64.2 Å². The van der Waals surface area contributed by atoms with Gasteiger partial charge in [-0.3, -0.25) is 9.69 Å². The first kappa shape index (κ1) is 22.8. The van der Waals surface area contributed by atoms with E-state index in [4.69, 9.17) is 23.2 Å². The predicted molar refractivity (Wildman–Crippen MR) is 115 cm³/mol. The fourth-order valence-corrected chi connectivity index (χ4v) is 6.02. The van der Waals surface area contributed by atoms with Crippen LogP contribution in [0.2, 0.25) is 10.0 Å². The largest absolute Gasteiger partial charge is 0.339 e. The number of carbonyl (C=O) groups excluding carboxylic acids is 1. The summed E-state index contributed by atoms with van der Waals surface area (Å²) in [6.45, 7) is 9.97. The molecule has 0 aliphatic carbocycles. The summed E-state index contributed by atoms with van der Waals surface area (Å²) >= 11 is 12.1. The number of nitrogens with zero attached hydrogens (tertiary/aromatic N) is 4. The molecule has 162 valence electrons. The lowest BCUT2D eigenvalue weighted by molar-refractivity contribution is -0.138. The van der Waals surface area contributed by atoms with Gasteiger partial charge in [0.15, 0.2) is 0 Å². The van der Waals surface area contributed by atoms with Gasteiger partial charge in [-0.2, -0.15) is 4.31 Å². The smallest absolute Gasteiger partial charge is 0.244 e. The zero-order valence-electron chi connectivity index (χ0n) is 16.9. The van der Waals surface area contributed by atoms with Gasteiger partial charge in [0.2, 0.25) is 15.9 Å². The Bertz CT molecular complexity index is 836. The number of hydrogen-bond acceptors (Lipinski definition) is 5. The summed E-state index contributed by atoms with van der Waals surface area (Å²) in [6.07, 6.45) is 0. The first-order valence-electron chi connectivity index (χ1n) is 9.95. The molecule has 2 aliphatic rings. The summed E-state index contributed by atoms with van der Waals surface area (Å²) in [7, 11) is -3.72. The number of piperazine rings is 2. The zero-order chi connectivity index (χ0) is 21.2. The zero-order valence-corrected chi connectivity index (χ0v) is 19.2. The lowest BCUT2D eigenvalue weighted by Crippen LogP contribution is -2.57. The van der Waals surface area contributed by atoms with Gasteiger partial charge >= 0.3 is 0 Å². The predicted octanol–water partition coefficient (Wildman–Crippen LogP) is 1.85. The van der Waals surface area contributed by atoms with E-state index in [0.717, 1.165) is 32.7 Å². The van der Waals surface area contributed by atoms with Crippen LogP contribution in [0.3, 0.4) is 0 Å². The standard InChI is InChI=1S/C19H28Cl2N4O3S/c1-3-22-7-9-24(10-8-22)19(26)15(2)23-11-13-25(14-12-23)29(27,28)17-6-4-5-16(20)18(17)21/h4-6,15H,3,7-14H2,1-2H3/t15-/m1/s1. The normalized spacial score (nSPS) is 21.3. The summed E-state index contributed by atoms with van der Waals surface area (Å²) < 4.78 is 27.3. The second kappa shape index (κ2) is 9.49. The van der Waals surface area contributed by atoms with Crippen LogP contribution in [0.5, 0.6) is 0 Å². The molecular formula is C19H28Cl2N4O3S. The van der Waals surface area contributed by atoms with Crippen LogP contribution in [0.25, 0.3) is 0 Å². The molecule has 0 unspecified atom stereocenters. The number of benzene rings is 1. The maximum atomic E-state index is 13.0. The average molecular weight is 463 g/mol. The summed E-state index contributed by atoms with van der Waals surface area (Å²) in [5.41, 5.74) is 0. The van der Waals surface area contributed by atoms with Crippen LogP contribution in [0, 0.1) is 0 Å². The van der Waals surface area contributed by atoms with Crippen molar-refractivity contribution in [2.24, 2.45) is 0 Å². The number of halogens is 2. The van der Waals surface area contributed by atoms with E-state index in [0.29, 0.717) is 26.2 Å². The van der Waals surface area contributed by atoms with E-state index in [1.807, 2.05) is 11.8 Å². The van der Waals surface area contributed by atoms with Crippen molar-refractivity contribution in [3.8, 4) is 0 Å². The van der Waals surface area contributed by atoms with Crippen molar-refractivity contribution in [3.63, 3.8) is 0 Å². The molecule has 0 spiro atoms. The third kappa shape index (κ3) is 4.89. The molecule has 1 aromatic rings. The number of rotatable bonds is 5. The Hall–Kier alpha value is -0.900. The van der Waals surface area contributed by atoms with Crippen LogP contribution >= 0.6 is 23.2 Å². The second-order valence-electron chi connectivity index (χ2n) is 7.43. The molecule has 2 saturated heterocycles. The van der Waals surface area contributed by atoms with E-state index in [2.05, 4.69) is 16.7 Å². The van der Waals surface area contributed by atoms with Gasteiger partial charge in [-0.25, -0.2) is 8.42 Å². The first-order valence-corrected chi connectivity index (χ1v) is 12.1. The Morgan fingerprint density at radius 1 is 1.03 bits per heavy atom. The molecule has 29 heavy (non-hydrogen) atoms. The molecule has 1 amide bonds. The molecule has 0 radical (unpaired) electrons. The van der Waals surface area contributed by atoms with Gasteiger partial charge in [-0.15, -0.1) is 0 Å². The summed E-state index contributed by atoms with van der Waals surface area (Å²) in [6, 6.07) is 4.35. The second-order valence-corrected chi connectivity index (χ2v) is 10.1. The maximum Gasteiger partial charge on any atom is 0.244 e. The Kier molecular flexibility index (Phi) is 7.46. The van der Waals surface area contributed by atoms with Crippen LogP contribution in [0.4, 0.5) is 0 Å². The number of hydrogen-bond donors (Lipinski definition) is 0. The first-order chi connectivity index (χ1) is 13.8. The van der Waals surface area contributed by atoms with E-state index in [-0.39, 0.29) is 26.9 Å². The number of amides is 1. The van der Waals surface area contributed by atoms with Crippen molar-refractivity contribution in [1.82, 2.24) is 19.0 Å². The fourth-order valence-electron chi connectivity index (χ4n) is 3.86. The molecule has 1 atom stereocenters. The number of carbonyl (C=O) groups is 1. The Morgan fingerprint density at radius 3 is 2.24 bits per heavy atom. The molecule has 0 bridgehead atoms. The molecule has 0 saturated carbocycles. The van der Waals surface area contributed by atoms with E-state index in [1.165, 1.54) is 10.4 Å². The van der Waals surface area contributed by atoms with Gasteiger partial charge in [0.25, 0.3) is 0 Å². The highest BCUT2D eigenvalue weighted by Gasteiger charge is 2.34. The van der Waals surface area contributed by atoms with Crippen LogP contribution < -0.4 is 0 Å². The molecule has 2 fully saturated rings. The number of likely N-dealkylation sites (N-methyl/N-ethyl adjacent to an activating group) is 1. The summed E-state index contributed by atoms with van der Waals surface area (Å²) in [4.78, 5) is 19.2. The van der Waals surface area contributed by atoms with Gasteiger partial charge in [0, 0.05) is 52.4 Å². The quantitative estimate of drug-likeness (QED) is 0.667. The van der Waals surface area contributed by atoms with Crippen LogP contribution in [-0.2, 0) is 14.8 Å². The maximum absolute atomic E-state index is 13.0. The van der Waals surface area contributed by atoms with Crippen molar-refractivity contribution in [2.75, 3.05) is 58.9 Å². The van der Waals surface area contributed by atoms with Gasteiger partial charge in [0.1, 0.15) is 4.90 Å². The minimum Gasteiger partial charge on any atom is -0.339 e. The molecule has 1 aromatic carbocycles. The van der Waals surface area contributed by atoms with Gasteiger partial charge < -0.3 is 9.80 Å². The molecule has 0 aromatic heterocycles. The third-order valence-corrected chi connectivity index (χ3v) is 8.72. The molecule has 7 nitrogen and oxygen atoms in total. The highest BCUT2D eigenvalue weighted by atomic mass is 35.5. The molecule has 2 aliphatic heterocycles. The minimum absolute atomic E-state index is 0.0260. The Morgan fingerprint density at radius 2 is 1.66 bits per heavy atom. The van der Waals surface area contributed by atoms with Crippen molar-refractivity contribution < 1.29 is 13.2 Å². The van der Waals surface area contributed by atoms with E-state index >= 15 is 0 Å². The highest BCUT2D eigenvalue weighted by Crippen LogP contribution is 2.31. The van der Waals surface area contributed by atoms with E-state index in [9.17, 15) is 13.2 Å². The SMILES string of the molecule is CCN1CCN(C(=O)[C@@H](C)N2CCN(S(=O)(=O)c3cccc(Cl)c3Cl)CC2)CC1. The third-order valence-electron chi connectivity index (χ3n) is 5.84. The molecule has 10 heteroatoms. The van der Waals surface area contributed by atoms with Crippen molar-refractivity contribution in [2.45, 2.75) is 24.8 Å². The summed E-state index contributed by atoms with van der Waals surface area (Å²) in [5.74, 6) is 0.120. The minimum atomic E-state index is -3.72. The Balaban J connectivity index is 1.60. The molecular weight excluding hydrogens is 435 g/mol. The molecule has 0 N–H and O–H groups in total. The van der Waals surface area contributed by atoms with Crippen molar-refractivity contribution in [3.05, 3.63) is 28.2 Å².